The molecule has 1 aromatic heterocycles. The molecule has 11 heteroatoms. The molecule has 0 radical (unpaired) electrons. The van der Waals surface area contributed by atoms with E-state index >= 15 is 0 Å². The van der Waals surface area contributed by atoms with Gasteiger partial charge in [-0.1, -0.05) is 18.6 Å². The fraction of sp³-hybridized carbons (Fsp3) is 0.522. The number of carboxylic acid groups (broad SMARTS) is 1. The lowest BCUT2D eigenvalue weighted by Gasteiger charge is -2.28. The standard InChI is InChI=1S/C23H31FN4O5S/c1-15-7-8-16(18(24)12-15)14-33-20-19(22(30)31)21(34-27-20)26-23(32)25-9-5-6-17(29)13-28-10-3-2-4-11-28/h7-8,12,17,29H,2-6,9-11,13-14H2,1H3,(H,30,31)(H2,25,26,32). The number of anilines is 1. The summed E-state index contributed by atoms with van der Waals surface area (Å²) in [4.78, 5) is 26.2. The second-order valence-electron chi connectivity index (χ2n) is 8.42. The van der Waals surface area contributed by atoms with Crippen molar-refractivity contribution < 1.29 is 28.9 Å². The van der Waals surface area contributed by atoms with Gasteiger partial charge >= 0.3 is 12.0 Å². The summed E-state index contributed by atoms with van der Waals surface area (Å²) in [6.07, 6.45) is 4.29. The first-order valence-corrected chi connectivity index (χ1v) is 12.2. The molecule has 1 unspecified atom stereocenters. The first-order chi connectivity index (χ1) is 16.3. The molecule has 1 aromatic carbocycles. The Morgan fingerprint density at radius 2 is 2.06 bits per heavy atom. The van der Waals surface area contributed by atoms with Crippen molar-refractivity contribution in [1.29, 1.82) is 0 Å². The summed E-state index contributed by atoms with van der Waals surface area (Å²) in [5.41, 5.74) is 0.740. The first-order valence-electron chi connectivity index (χ1n) is 11.4. The number of carbonyl (C=O) groups is 2. The first kappa shape index (κ1) is 25.9. The number of hydrogen-bond donors (Lipinski definition) is 4. The number of amides is 2. The Labute approximate surface area is 202 Å². The highest BCUT2D eigenvalue weighted by Gasteiger charge is 2.24. The SMILES string of the molecule is Cc1ccc(COc2nsc(NC(=O)NCCCC(O)CN3CCCCC3)c2C(=O)O)c(F)c1. The van der Waals surface area contributed by atoms with Gasteiger partial charge in [-0.2, -0.15) is 4.37 Å². The molecule has 1 atom stereocenters. The van der Waals surface area contributed by atoms with E-state index in [9.17, 15) is 24.2 Å². The molecule has 1 aliphatic rings. The van der Waals surface area contributed by atoms with Crippen molar-refractivity contribution >= 4 is 28.5 Å². The molecule has 9 nitrogen and oxygen atoms in total. The van der Waals surface area contributed by atoms with E-state index in [1.54, 1.807) is 19.1 Å². The number of hydrogen-bond acceptors (Lipinski definition) is 7. The number of aryl methyl sites for hydroxylation is 1. The summed E-state index contributed by atoms with van der Waals surface area (Å²) < 4.78 is 23.4. The monoisotopic (exact) mass is 494 g/mol. The van der Waals surface area contributed by atoms with Gasteiger partial charge in [0.2, 0.25) is 5.88 Å². The van der Waals surface area contributed by atoms with E-state index in [0.29, 0.717) is 25.9 Å². The predicted molar refractivity (Wildman–Crippen MR) is 127 cm³/mol. The van der Waals surface area contributed by atoms with Gasteiger partial charge in [-0.25, -0.2) is 14.0 Å². The minimum absolute atomic E-state index is 0.0227. The largest absolute Gasteiger partial charge is 0.477 e. The lowest BCUT2D eigenvalue weighted by atomic mass is 10.1. The Morgan fingerprint density at radius 3 is 2.76 bits per heavy atom. The summed E-state index contributed by atoms with van der Waals surface area (Å²) in [7, 11) is 0. The van der Waals surface area contributed by atoms with Gasteiger partial charge in [0, 0.05) is 18.7 Å². The summed E-state index contributed by atoms with van der Waals surface area (Å²) in [5.74, 6) is -1.95. The van der Waals surface area contributed by atoms with Gasteiger partial charge in [0.15, 0.2) is 5.56 Å². The number of halogens is 1. The Morgan fingerprint density at radius 1 is 1.29 bits per heavy atom. The average molecular weight is 495 g/mol. The van der Waals surface area contributed by atoms with Crippen LogP contribution in [0.4, 0.5) is 14.2 Å². The Kier molecular flexibility index (Phi) is 9.61. The zero-order chi connectivity index (χ0) is 24.5. The second kappa shape index (κ2) is 12.6. The number of carboxylic acids is 1. The van der Waals surface area contributed by atoms with Crippen LogP contribution in [0, 0.1) is 12.7 Å². The zero-order valence-electron chi connectivity index (χ0n) is 19.2. The molecule has 2 amide bonds. The van der Waals surface area contributed by atoms with Crippen LogP contribution in [-0.4, -0.2) is 63.8 Å². The normalized spacial score (nSPS) is 15.0. The number of piperidine rings is 1. The zero-order valence-corrected chi connectivity index (χ0v) is 20.0. The molecule has 1 aliphatic heterocycles. The van der Waals surface area contributed by atoms with Crippen molar-refractivity contribution in [1.82, 2.24) is 14.6 Å². The number of benzene rings is 1. The third-order valence-corrected chi connectivity index (χ3v) is 6.34. The molecule has 34 heavy (non-hydrogen) atoms. The van der Waals surface area contributed by atoms with Gasteiger partial charge in [0.05, 0.1) is 6.10 Å². The van der Waals surface area contributed by atoms with E-state index < -0.39 is 23.9 Å². The fourth-order valence-corrected chi connectivity index (χ4v) is 4.50. The Hall–Kier alpha value is -2.76. The van der Waals surface area contributed by atoms with E-state index in [1.807, 2.05) is 0 Å². The maximum Gasteiger partial charge on any atom is 0.344 e. The number of likely N-dealkylation sites (tertiary alicyclic amines) is 1. The second-order valence-corrected chi connectivity index (χ2v) is 9.19. The molecule has 4 N–H and O–H groups in total. The van der Waals surface area contributed by atoms with Crippen molar-refractivity contribution in [2.75, 3.05) is 31.5 Å². The smallest absolute Gasteiger partial charge is 0.344 e. The number of β-amino-alcohol motifs (C(OH)–C–C–N with tert-alkyl or cyclic N) is 1. The number of urea groups is 1. The van der Waals surface area contributed by atoms with Gasteiger partial charge in [0.1, 0.15) is 17.4 Å². The Bertz CT molecular complexity index is 980. The fourth-order valence-electron chi connectivity index (χ4n) is 3.78. The molecule has 186 valence electrons. The number of nitrogens with one attached hydrogen (secondary N) is 2. The number of aromatic carboxylic acids is 1. The molecule has 3 rings (SSSR count). The number of aliphatic hydroxyl groups excluding tert-OH is 1. The number of aliphatic hydroxyl groups is 1. The maximum atomic E-state index is 14.0. The maximum absolute atomic E-state index is 14.0. The molecule has 2 heterocycles. The molecule has 1 fully saturated rings. The van der Waals surface area contributed by atoms with Crippen LogP contribution >= 0.6 is 11.5 Å². The molecule has 0 aliphatic carbocycles. The van der Waals surface area contributed by atoms with Gasteiger partial charge in [-0.15, -0.1) is 0 Å². The molecule has 0 saturated carbocycles. The quantitative estimate of drug-likeness (QED) is 0.352. The molecule has 1 saturated heterocycles. The van der Waals surface area contributed by atoms with Crippen LogP contribution in [0.1, 0.15) is 53.6 Å². The third kappa shape index (κ3) is 7.64. The van der Waals surface area contributed by atoms with Crippen LogP contribution in [0.2, 0.25) is 0 Å². The minimum Gasteiger partial charge on any atom is -0.477 e. The number of ether oxygens (including phenoxy) is 1. The van der Waals surface area contributed by atoms with E-state index in [1.165, 1.54) is 25.3 Å². The summed E-state index contributed by atoms with van der Waals surface area (Å²) in [5, 5.41) is 24.9. The van der Waals surface area contributed by atoms with Crippen LogP contribution < -0.4 is 15.4 Å². The van der Waals surface area contributed by atoms with Crippen molar-refractivity contribution in [3.8, 4) is 5.88 Å². The molecular formula is C23H31FN4O5S. The molecule has 0 bridgehead atoms. The van der Waals surface area contributed by atoms with Crippen LogP contribution in [0.5, 0.6) is 5.88 Å². The van der Waals surface area contributed by atoms with Crippen molar-refractivity contribution in [2.24, 2.45) is 0 Å². The number of carbonyl (C=O) groups excluding carboxylic acids is 1. The topological polar surface area (TPSA) is 124 Å². The molecule has 0 spiro atoms. The van der Waals surface area contributed by atoms with Gasteiger partial charge in [-0.05, 0) is 68.9 Å². The van der Waals surface area contributed by atoms with E-state index in [2.05, 4.69) is 19.9 Å². The van der Waals surface area contributed by atoms with Crippen molar-refractivity contribution in [3.63, 3.8) is 0 Å². The highest BCUT2D eigenvalue weighted by atomic mass is 32.1. The highest BCUT2D eigenvalue weighted by molar-refractivity contribution is 7.11. The third-order valence-electron chi connectivity index (χ3n) is 5.59. The van der Waals surface area contributed by atoms with E-state index in [0.717, 1.165) is 30.2 Å². The minimum atomic E-state index is -1.32. The van der Waals surface area contributed by atoms with Gasteiger partial charge < -0.3 is 25.2 Å². The molecule has 2 aromatic rings. The van der Waals surface area contributed by atoms with Crippen LogP contribution in [-0.2, 0) is 6.61 Å². The lowest BCUT2D eigenvalue weighted by Crippen LogP contribution is -2.37. The molecular weight excluding hydrogens is 463 g/mol. The summed E-state index contributed by atoms with van der Waals surface area (Å²) in [6.45, 7) is 4.58. The van der Waals surface area contributed by atoms with Crippen LogP contribution in [0.3, 0.4) is 0 Å². The highest BCUT2D eigenvalue weighted by Crippen LogP contribution is 2.31. The summed E-state index contributed by atoms with van der Waals surface area (Å²) >= 11 is 0.771. The summed E-state index contributed by atoms with van der Waals surface area (Å²) in [6, 6.07) is 4.08. The van der Waals surface area contributed by atoms with Crippen LogP contribution in [0.15, 0.2) is 18.2 Å². The van der Waals surface area contributed by atoms with Crippen LogP contribution in [0.25, 0.3) is 0 Å². The predicted octanol–water partition coefficient (Wildman–Crippen LogP) is 3.62. The number of rotatable bonds is 11. The van der Waals surface area contributed by atoms with Crippen molar-refractivity contribution in [3.05, 3.63) is 40.7 Å². The van der Waals surface area contributed by atoms with Crippen molar-refractivity contribution in [2.45, 2.75) is 51.7 Å². The number of nitrogens with zero attached hydrogens (tertiary/aromatic N) is 2. The lowest BCUT2D eigenvalue weighted by molar-refractivity contribution is 0.0692. The average Bonchev–Trinajstić information content (AvgIpc) is 3.19. The van der Waals surface area contributed by atoms with Gasteiger partial charge in [0.25, 0.3) is 0 Å². The number of aromatic nitrogens is 1. The van der Waals surface area contributed by atoms with Gasteiger partial charge in [-0.3, -0.25) is 5.32 Å². The Balaban J connectivity index is 1.45. The van der Waals surface area contributed by atoms with E-state index in [4.69, 9.17) is 4.74 Å². The van der Waals surface area contributed by atoms with E-state index in [-0.39, 0.29) is 28.6 Å².